The molecule has 1 aliphatic carbocycles. The summed E-state index contributed by atoms with van der Waals surface area (Å²) in [5.41, 5.74) is 0. The summed E-state index contributed by atoms with van der Waals surface area (Å²) < 4.78 is 14.1. The van der Waals surface area contributed by atoms with Crippen molar-refractivity contribution < 1.29 is 14.3 Å². The minimum absolute atomic E-state index is 0.207. The molecule has 0 saturated heterocycles. The highest BCUT2D eigenvalue weighted by Crippen LogP contribution is 2.40. The molecule has 2 nitrogen and oxygen atoms in total. The van der Waals surface area contributed by atoms with Crippen LogP contribution < -0.4 is 0 Å². The normalized spacial score (nSPS) is 24.9. The molecule has 0 amide bonds. The second kappa shape index (κ2) is 12.3. The molecule has 1 rings (SSSR count). The Morgan fingerprint density at radius 3 is 2.57 bits per heavy atom. The number of unbranched alkanes of at least 4 members (excludes halogenated alkanes) is 5. The van der Waals surface area contributed by atoms with E-state index in [-0.39, 0.29) is 5.92 Å². The van der Waals surface area contributed by atoms with Crippen LogP contribution in [0.2, 0.25) is 0 Å². The summed E-state index contributed by atoms with van der Waals surface area (Å²) in [6.45, 7) is 2.23. The van der Waals surface area contributed by atoms with Crippen LogP contribution in [-0.2, 0) is 4.79 Å². The zero-order chi connectivity index (χ0) is 16.9. The molecule has 1 saturated carbocycles. The summed E-state index contributed by atoms with van der Waals surface area (Å²) in [5.74, 6) is -0.175. The highest BCUT2D eigenvalue weighted by atomic mass is 19.1. The zero-order valence-electron chi connectivity index (χ0n) is 14.6. The first-order valence-electron chi connectivity index (χ1n) is 9.35. The van der Waals surface area contributed by atoms with Crippen LogP contribution in [0.15, 0.2) is 24.3 Å². The van der Waals surface area contributed by atoms with Gasteiger partial charge in [-0.2, -0.15) is 0 Å². The zero-order valence-corrected chi connectivity index (χ0v) is 14.6. The highest BCUT2D eigenvalue weighted by molar-refractivity contribution is 5.80. The van der Waals surface area contributed by atoms with Gasteiger partial charge in [0.2, 0.25) is 0 Å². The Bertz CT molecular complexity index is 376. The maximum absolute atomic E-state index is 14.1. The van der Waals surface area contributed by atoms with Gasteiger partial charge in [-0.15, -0.1) is 0 Å². The second-order valence-electron chi connectivity index (χ2n) is 6.78. The van der Waals surface area contributed by atoms with E-state index in [1.54, 1.807) is 6.08 Å². The van der Waals surface area contributed by atoms with Crippen molar-refractivity contribution in [3.05, 3.63) is 24.3 Å². The van der Waals surface area contributed by atoms with Crippen LogP contribution in [0, 0.1) is 11.8 Å². The van der Waals surface area contributed by atoms with Gasteiger partial charge in [-0.25, -0.2) is 9.18 Å². The number of rotatable bonds is 12. The van der Waals surface area contributed by atoms with Crippen LogP contribution in [0.4, 0.5) is 4.39 Å². The first-order valence-corrected chi connectivity index (χ1v) is 9.35. The summed E-state index contributed by atoms with van der Waals surface area (Å²) >= 11 is 0. The number of carbonyl (C=O) groups is 1. The number of hydrogen-bond acceptors (Lipinski definition) is 1. The van der Waals surface area contributed by atoms with Crippen molar-refractivity contribution in [3.8, 4) is 0 Å². The van der Waals surface area contributed by atoms with Crippen molar-refractivity contribution in [2.45, 2.75) is 83.7 Å². The molecule has 0 aromatic carbocycles. The molecule has 132 valence electrons. The maximum Gasteiger partial charge on any atom is 0.328 e. The highest BCUT2D eigenvalue weighted by Gasteiger charge is 2.34. The Morgan fingerprint density at radius 2 is 1.83 bits per heavy atom. The predicted molar refractivity (Wildman–Crippen MR) is 94.3 cm³/mol. The molecule has 0 heterocycles. The lowest BCUT2D eigenvalue weighted by atomic mass is 9.86. The number of carboxylic acids is 1. The molecule has 0 radical (unpaired) electrons. The van der Waals surface area contributed by atoms with Gasteiger partial charge in [0.25, 0.3) is 0 Å². The molecule has 1 fully saturated rings. The number of hydrogen-bond donors (Lipinski definition) is 1. The van der Waals surface area contributed by atoms with E-state index in [0.717, 1.165) is 31.8 Å². The third-order valence-electron chi connectivity index (χ3n) is 4.96. The average Bonchev–Trinajstić information content (AvgIpc) is 2.86. The number of halogens is 1. The molecule has 0 spiro atoms. The Labute approximate surface area is 140 Å². The first-order chi connectivity index (χ1) is 11.1. The third kappa shape index (κ3) is 8.92. The van der Waals surface area contributed by atoms with Crippen LogP contribution in [0.1, 0.15) is 77.6 Å². The lowest BCUT2D eigenvalue weighted by Crippen LogP contribution is -2.15. The minimum Gasteiger partial charge on any atom is -0.478 e. The van der Waals surface area contributed by atoms with Crippen LogP contribution in [0.25, 0.3) is 0 Å². The number of carboxylic acid groups (broad SMARTS) is 1. The van der Waals surface area contributed by atoms with Crippen LogP contribution >= 0.6 is 0 Å². The van der Waals surface area contributed by atoms with E-state index in [0.29, 0.717) is 5.92 Å². The van der Waals surface area contributed by atoms with Crippen LogP contribution in [-0.4, -0.2) is 17.2 Å². The van der Waals surface area contributed by atoms with E-state index in [4.69, 9.17) is 5.11 Å². The number of aliphatic carboxylic acids is 1. The quantitative estimate of drug-likeness (QED) is 0.268. The Morgan fingerprint density at radius 1 is 1.09 bits per heavy atom. The topological polar surface area (TPSA) is 37.3 Å². The largest absolute Gasteiger partial charge is 0.478 e. The van der Waals surface area contributed by atoms with Gasteiger partial charge >= 0.3 is 5.97 Å². The van der Waals surface area contributed by atoms with E-state index in [1.165, 1.54) is 51.0 Å². The molecule has 0 bridgehead atoms. The van der Waals surface area contributed by atoms with Crippen molar-refractivity contribution in [3.63, 3.8) is 0 Å². The first kappa shape index (κ1) is 19.9. The molecule has 3 heteroatoms. The summed E-state index contributed by atoms with van der Waals surface area (Å²) in [4.78, 5) is 10.3. The Balaban J connectivity index is 2.21. The van der Waals surface area contributed by atoms with Crippen molar-refractivity contribution in [1.82, 2.24) is 0 Å². The number of alkyl halides is 1. The molecule has 1 aliphatic rings. The molecule has 1 unspecified atom stereocenters. The molecular weight excluding hydrogens is 291 g/mol. The van der Waals surface area contributed by atoms with Crippen molar-refractivity contribution in [1.29, 1.82) is 0 Å². The lowest BCUT2D eigenvalue weighted by molar-refractivity contribution is -0.131. The van der Waals surface area contributed by atoms with E-state index in [1.807, 2.05) is 6.08 Å². The molecule has 0 aromatic heterocycles. The van der Waals surface area contributed by atoms with E-state index in [2.05, 4.69) is 6.92 Å². The van der Waals surface area contributed by atoms with Gasteiger partial charge in [0.1, 0.15) is 6.17 Å². The monoisotopic (exact) mass is 324 g/mol. The van der Waals surface area contributed by atoms with E-state index < -0.39 is 12.1 Å². The van der Waals surface area contributed by atoms with Crippen LogP contribution in [0.3, 0.4) is 0 Å². The molecule has 23 heavy (non-hydrogen) atoms. The number of allylic oxidation sites excluding steroid dienone is 3. The average molecular weight is 324 g/mol. The summed E-state index contributed by atoms with van der Waals surface area (Å²) in [6.07, 6.45) is 18.2. The molecular formula is C20H33FO2. The van der Waals surface area contributed by atoms with Gasteiger partial charge in [-0.1, -0.05) is 70.1 Å². The van der Waals surface area contributed by atoms with Gasteiger partial charge in [-0.05, 0) is 37.5 Å². The van der Waals surface area contributed by atoms with Gasteiger partial charge in [0.15, 0.2) is 0 Å². The van der Waals surface area contributed by atoms with Crippen LogP contribution in [0.5, 0.6) is 0 Å². The maximum atomic E-state index is 14.1. The van der Waals surface area contributed by atoms with Gasteiger partial charge in [-0.3, -0.25) is 0 Å². The molecule has 0 aliphatic heterocycles. The molecule has 0 aromatic rings. The molecule has 3 atom stereocenters. The van der Waals surface area contributed by atoms with Gasteiger partial charge < -0.3 is 5.11 Å². The van der Waals surface area contributed by atoms with Gasteiger partial charge in [0.05, 0.1) is 0 Å². The Kier molecular flexibility index (Phi) is 10.7. The standard InChI is InChI=1S/C20H33FO2/c1-2-3-4-5-6-9-12-17-15-16-19(21)18(17)13-10-7-8-11-14-20(22)23/h7-8,11,14,17-19H,2-6,9-10,12-13,15-16H2,1H3,(H,22,23)/t17-,18+,19?/m0/s1. The van der Waals surface area contributed by atoms with Gasteiger partial charge in [0, 0.05) is 6.08 Å². The Hall–Kier alpha value is -1.12. The second-order valence-corrected chi connectivity index (χ2v) is 6.78. The van der Waals surface area contributed by atoms with Crippen molar-refractivity contribution in [2.24, 2.45) is 11.8 Å². The minimum atomic E-state index is -0.937. The summed E-state index contributed by atoms with van der Waals surface area (Å²) in [7, 11) is 0. The fraction of sp³-hybridized carbons (Fsp3) is 0.750. The predicted octanol–water partition coefficient (Wildman–Crippen LogP) is 6.08. The fourth-order valence-electron chi connectivity index (χ4n) is 3.66. The van der Waals surface area contributed by atoms with E-state index >= 15 is 0 Å². The van der Waals surface area contributed by atoms with E-state index in [9.17, 15) is 9.18 Å². The van der Waals surface area contributed by atoms with Crippen molar-refractivity contribution in [2.75, 3.05) is 0 Å². The molecule has 1 N–H and O–H groups in total. The fourth-order valence-corrected chi connectivity index (χ4v) is 3.66. The third-order valence-corrected chi connectivity index (χ3v) is 4.96. The smallest absolute Gasteiger partial charge is 0.328 e. The summed E-state index contributed by atoms with van der Waals surface area (Å²) in [6, 6.07) is 0. The summed E-state index contributed by atoms with van der Waals surface area (Å²) in [5, 5.41) is 8.49. The van der Waals surface area contributed by atoms with Crippen molar-refractivity contribution >= 4 is 5.97 Å². The lowest BCUT2D eigenvalue weighted by Gasteiger charge is -2.20. The SMILES string of the molecule is CCCCCCCC[C@H]1CCC(F)[C@@H]1CCC=CC=CC(=O)O.